The minimum absolute atomic E-state index is 0.134. The summed E-state index contributed by atoms with van der Waals surface area (Å²) in [5, 5.41) is 18.3. The lowest BCUT2D eigenvalue weighted by atomic mass is 9.93. The summed E-state index contributed by atoms with van der Waals surface area (Å²) in [5.41, 5.74) is 4.05. The zero-order chi connectivity index (χ0) is 22.5. The van der Waals surface area contributed by atoms with Crippen LogP contribution in [0.25, 0.3) is 17.0 Å². The normalized spacial score (nSPS) is 19.7. The second-order valence-corrected chi connectivity index (χ2v) is 7.68. The van der Waals surface area contributed by atoms with E-state index in [1.54, 1.807) is 16.9 Å². The van der Waals surface area contributed by atoms with Crippen LogP contribution in [0.1, 0.15) is 24.6 Å². The lowest BCUT2D eigenvalue weighted by Crippen LogP contribution is -2.42. The molecule has 0 fully saturated rings. The molecule has 1 heterocycles. The van der Waals surface area contributed by atoms with Gasteiger partial charge in [0.1, 0.15) is 0 Å². The predicted octanol–water partition coefficient (Wildman–Crippen LogP) is 5.69. The molecule has 0 saturated heterocycles. The largest absolute Gasteiger partial charge is 0.358 e. The molecule has 2 atom stereocenters. The van der Waals surface area contributed by atoms with Gasteiger partial charge in [0, 0.05) is 11.1 Å². The Balaban J connectivity index is 1.79. The van der Waals surface area contributed by atoms with Gasteiger partial charge in [-0.05, 0) is 43.5 Å². The van der Waals surface area contributed by atoms with Crippen LogP contribution in [-0.4, -0.2) is 27.6 Å². The molecule has 0 amide bonds. The molecule has 0 spiro atoms. The molecule has 0 saturated carbocycles. The lowest BCUT2D eigenvalue weighted by molar-refractivity contribution is 0.251. The van der Waals surface area contributed by atoms with E-state index in [1.165, 1.54) is 0 Å². The molecule has 0 bridgehead atoms. The van der Waals surface area contributed by atoms with Gasteiger partial charge in [0.25, 0.3) is 6.26 Å². The highest BCUT2D eigenvalue weighted by molar-refractivity contribution is 5.97. The average Bonchev–Trinajstić information content (AvgIpc) is 3.16. The number of hydrogen-bond acceptors (Lipinski definition) is 4. The van der Waals surface area contributed by atoms with Gasteiger partial charge in [0.05, 0.1) is 23.3 Å². The maximum Gasteiger partial charge on any atom is 0.310 e. The van der Waals surface area contributed by atoms with Crippen LogP contribution in [0.2, 0.25) is 0 Å². The van der Waals surface area contributed by atoms with Crippen LogP contribution in [0, 0.1) is 16.9 Å². The van der Waals surface area contributed by atoms with E-state index in [4.69, 9.17) is 15.4 Å². The molecule has 5 nitrogen and oxygen atoms in total. The fraction of sp³-hybridized carbons (Fsp3) is 0.185. The Labute approximate surface area is 188 Å². The lowest BCUT2D eigenvalue weighted by Gasteiger charge is -2.40. The van der Waals surface area contributed by atoms with Gasteiger partial charge in [-0.2, -0.15) is 0 Å². The Morgan fingerprint density at radius 1 is 1.28 bits per heavy atom. The van der Waals surface area contributed by atoms with E-state index in [1.807, 2.05) is 24.3 Å². The van der Waals surface area contributed by atoms with Crippen molar-refractivity contribution in [3.63, 3.8) is 0 Å². The number of benzene rings is 1. The van der Waals surface area contributed by atoms with Crippen molar-refractivity contribution >= 4 is 23.0 Å². The quantitative estimate of drug-likeness (QED) is 0.291. The highest BCUT2D eigenvalue weighted by Gasteiger charge is 2.30. The van der Waals surface area contributed by atoms with Gasteiger partial charge >= 0.3 is 6.02 Å². The Bertz CT molecular complexity index is 1230. The van der Waals surface area contributed by atoms with Crippen LogP contribution >= 0.6 is 0 Å². The van der Waals surface area contributed by atoms with E-state index >= 15 is 0 Å². The second-order valence-electron chi connectivity index (χ2n) is 7.68. The number of fused-ring (bicyclic) bond motifs is 3. The standard InChI is InChI=1S/C27H26N4O/c1-3-5-11-20(4-2)30(21-12-7-6-8-13-21)22-16-17-26-24(18-22)23-14-9-10-15-25(23)31(26)27(29)32-19-28/h3-12,14-17,21-22,29H,1,13,18H2,2H3/b11-5-,20-4+,29-27?. The first-order valence-corrected chi connectivity index (χ1v) is 10.7. The number of rotatable bonds is 5. The second kappa shape index (κ2) is 9.40. The molecule has 32 heavy (non-hydrogen) atoms. The molecule has 2 aliphatic carbocycles. The number of nitrogens with one attached hydrogen (secondary N) is 1. The molecule has 1 aromatic heterocycles. The van der Waals surface area contributed by atoms with Crippen molar-refractivity contribution in [2.75, 3.05) is 0 Å². The predicted molar refractivity (Wildman–Crippen MR) is 130 cm³/mol. The van der Waals surface area contributed by atoms with Gasteiger partial charge in [0.2, 0.25) is 0 Å². The van der Waals surface area contributed by atoms with Gasteiger partial charge in [-0.15, -0.1) is 5.26 Å². The van der Waals surface area contributed by atoms with Gasteiger partial charge in [-0.3, -0.25) is 4.57 Å². The molecule has 2 unspecified atom stereocenters. The van der Waals surface area contributed by atoms with E-state index in [0.717, 1.165) is 40.7 Å². The van der Waals surface area contributed by atoms with Gasteiger partial charge in [-0.25, -0.2) is 5.41 Å². The summed E-state index contributed by atoms with van der Waals surface area (Å²) in [5.74, 6) is 0. The van der Waals surface area contributed by atoms with Crippen LogP contribution in [0.5, 0.6) is 0 Å². The zero-order valence-corrected chi connectivity index (χ0v) is 18.1. The minimum Gasteiger partial charge on any atom is -0.358 e. The molecule has 5 heteroatoms. The summed E-state index contributed by atoms with van der Waals surface area (Å²) >= 11 is 0. The highest BCUT2D eigenvalue weighted by atomic mass is 16.5. The number of nitrogens with zero attached hydrogens (tertiary/aromatic N) is 3. The Hall–Kier alpha value is -4.04. The first-order chi connectivity index (χ1) is 15.7. The summed E-state index contributed by atoms with van der Waals surface area (Å²) in [4.78, 5) is 2.45. The van der Waals surface area contributed by atoms with E-state index < -0.39 is 0 Å². The van der Waals surface area contributed by atoms with Crippen LogP contribution < -0.4 is 0 Å². The van der Waals surface area contributed by atoms with Crippen LogP contribution in [0.15, 0.2) is 91.2 Å². The number of nitriles is 1. The zero-order valence-electron chi connectivity index (χ0n) is 18.1. The van der Waals surface area contributed by atoms with Crippen LogP contribution in [-0.2, 0) is 11.2 Å². The fourth-order valence-corrected chi connectivity index (χ4v) is 4.60. The smallest absolute Gasteiger partial charge is 0.310 e. The minimum atomic E-state index is -0.187. The van der Waals surface area contributed by atoms with Crippen molar-refractivity contribution in [2.24, 2.45) is 0 Å². The number of para-hydroxylation sites is 1. The molecule has 2 aromatic rings. The van der Waals surface area contributed by atoms with Crippen LogP contribution in [0.4, 0.5) is 0 Å². The molecule has 1 N–H and O–H groups in total. The summed E-state index contributed by atoms with van der Waals surface area (Å²) in [6.45, 7) is 5.88. The average molecular weight is 423 g/mol. The van der Waals surface area contributed by atoms with Crippen molar-refractivity contribution in [1.29, 1.82) is 10.7 Å². The van der Waals surface area contributed by atoms with E-state index in [2.05, 4.69) is 73.1 Å². The SMILES string of the molecule is C=C/C=C\C(=C/C)N(C1C=CC=CC1)C1C=Cc2c(c3ccccc3n2C(=N)OC#N)C1. The van der Waals surface area contributed by atoms with E-state index in [9.17, 15) is 0 Å². The number of allylic oxidation sites excluding steroid dienone is 6. The fourth-order valence-electron chi connectivity index (χ4n) is 4.60. The summed E-state index contributed by atoms with van der Waals surface area (Å²) in [6, 6.07) is 8.17. The first kappa shape index (κ1) is 21.2. The molecular formula is C27H26N4O. The molecular weight excluding hydrogens is 396 g/mol. The highest BCUT2D eigenvalue weighted by Crippen LogP contribution is 2.35. The van der Waals surface area contributed by atoms with Crippen molar-refractivity contribution in [3.8, 4) is 6.26 Å². The van der Waals surface area contributed by atoms with E-state index in [-0.39, 0.29) is 18.1 Å². The third-order valence-corrected chi connectivity index (χ3v) is 5.92. The third kappa shape index (κ3) is 3.83. The Kier molecular flexibility index (Phi) is 6.23. The number of ether oxygens (including phenoxy) is 1. The summed E-state index contributed by atoms with van der Waals surface area (Å²) in [6.07, 6.45) is 24.2. The maximum atomic E-state index is 8.95. The molecule has 4 rings (SSSR count). The Morgan fingerprint density at radius 2 is 2.12 bits per heavy atom. The molecule has 0 aliphatic heterocycles. The maximum absolute atomic E-state index is 8.95. The first-order valence-electron chi connectivity index (χ1n) is 10.7. The molecule has 2 aliphatic rings. The van der Waals surface area contributed by atoms with Crippen molar-refractivity contribution in [3.05, 3.63) is 102 Å². The summed E-state index contributed by atoms with van der Waals surface area (Å²) < 4.78 is 6.60. The van der Waals surface area contributed by atoms with Crippen molar-refractivity contribution < 1.29 is 4.74 Å². The number of aromatic nitrogens is 1. The van der Waals surface area contributed by atoms with Gasteiger partial charge in [-0.1, -0.05) is 73.4 Å². The summed E-state index contributed by atoms with van der Waals surface area (Å²) in [7, 11) is 0. The van der Waals surface area contributed by atoms with Gasteiger partial charge < -0.3 is 9.64 Å². The van der Waals surface area contributed by atoms with Crippen molar-refractivity contribution in [2.45, 2.75) is 31.8 Å². The monoisotopic (exact) mass is 422 g/mol. The third-order valence-electron chi connectivity index (χ3n) is 5.92. The van der Waals surface area contributed by atoms with Gasteiger partial charge in [0.15, 0.2) is 0 Å². The van der Waals surface area contributed by atoms with Crippen LogP contribution in [0.3, 0.4) is 0 Å². The van der Waals surface area contributed by atoms with E-state index in [0.29, 0.717) is 0 Å². The topological polar surface area (TPSA) is 65.0 Å². The molecule has 160 valence electrons. The Morgan fingerprint density at radius 3 is 2.84 bits per heavy atom. The number of hydrogen-bond donors (Lipinski definition) is 1. The molecule has 0 radical (unpaired) electrons. The molecule has 1 aromatic carbocycles. The van der Waals surface area contributed by atoms with Crippen molar-refractivity contribution in [1.82, 2.24) is 9.47 Å².